The molecule has 3 atom stereocenters. The molecule has 3 amide bonds. The molecule has 0 fully saturated rings. The highest BCUT2D eigenvalue weighted by Crippen LogP contribution is 2.28. The van der Waals surface area contributed by atoms with Crippen LogP contribution >= 0.6 is 0 Å². The van der Waals surface area contributed by atoms with Crippen LogP contribution in [0.4, 0.5) is 4.79 Å². The van der Waals surface area contributed by atoms with Gasteiger partial charge in [0.25, 0.3) is 5.91 Å². The summed E-state index contributed by atoms with van der Waals surface area (Å²) in [6.45, 7) is 16.0. The quantitative estimate of drug-likeness (QED) is 0.410. The zero-order valence-corrected chi connectivity index (χ0v) is 21.8. The second-order valence-electron chi connectivity index (χ2n) is 10.5. The van der Waals surface area contributed by atoms with E-state index in [0.29, 0.717) is 17.5 Å². The molecule has 1 rings (SSSR count). The monoisotopic (exact) mass is 473 g/mol. The number of terminal acetylenes is 1. The lowest BCUT2D eigenvalue weighted by molar-refractivity contribution is -0.140. The lowest BCUT2D eigenvalue weighted by Crippen LogP contribution is -2.55. The standard InChI is InChI=1S/C26H39N3O5/c1-11-16(3)20(27-24(33)34-26(8,9)10)23(32)29(12-2)21(22(31)28-25(5,6)7)18-13-14-19(30)17(4)15-18/h2,13-16,20-21,30H,11H2,1,3-10H3,(H,27,33)(H,28,31). The van der Waals surface area contributed by atoms with E-state index in [2.05, 4.69) is 16.7 Å². The van der Waals surface area contributed by atoms with Gasteiger partial charge in [0, 0.05) is 11.6 Å². The molecule has 0 saturated heterocycles. The Kier molecular flexibility index (Phi) is 9.56. The van der Waals surface area contributed by atoms with Gasteiger partial charge in [0.15, 0.2) is 0 Å². The number of carbonyl (C=O) groups excluding carboxylic acids is 3. The maximum atomic E-state index is 13.7. The summed E-state index contributed by atoms with van der Waals surface area (Å²) < 4.78 is 5.33. The average molecular weight is 474 g/mol. The van der Waals surface area contributed by atoms with E-state index in [9.17, 15) is 19.5 Å². The predicted octanol–water partition coefficient (Wildman–Crippen LogP) is 4.02. The number of phenols is 1. The number of hydrogen-bond donors (Lipinski definition) is 3. The van der Waals surface area contributed by atoms with E-state index < -0.39 is 41.1 Å². The number of phenolic OH excluding ortho intramolecular Hbond substituents is 1. The Labute approximate surface area is 203 Å². The molecule has 0 heterocycles. The minimum absolute atomic E-state index is 0.0568. The number of aryl methyl sites for hydroxylation is 1. The number of nitrogens with one attached hydrogen (secondary N) is 2. The summed E-state index contributed by atoms with van der Waals surface area (Å²) in [6.07, 6.45) is 5.60. The molecule has 0 aromatic heterocycles. The van der Waals surface area contributed by atoms with Gasteiger partial charge in [-0.3, -0.25) is 14.5 Å². The minimum Gasteiger partial charge on any atom is -0.508 e. The number of benzene rings is 1. The third kappa shape index (κ3) is 8.29. The first kappa shape index (κ1) is 28.8. The number of alkyl carbamates (subject to hydrolysis) is 1. The zero-order valence-electron chi connectivity index (χ0n) is 21.8. The summed E-state index contributed by atoms with van der Waals surface area (Å²) in [4.78, 5) is 40.5. The van der Waals surface area contributed by atoms with Crippen molar-refractivity contribution < 1.29 is 24.2 Å². The van der Waals surface area contributed by atoms with Crippen LogP contribution in [0.15, 0.2) is 18.2 Å². The largest absolute Gasteiger partial charge is 0.508 e. The molecule has 0 bridgehead atoms. The normalized spacial score (nSPS) is 14.2. The molecule has 0 aliphatic heterocycles. The van der Waals surface area contributed by atoms with Crippen LogP contribution < -0.4 is 10.6 Å². The first-order valence-corrected chi connectivity index (χ1v) is 11.4. The summed E-state index contributed by atoms with van der Waals surface area (Å²) >= 11 is 0. The number of hydrogen-bond acceptors (Lipinski definition) is 5. The van der Waals surface area contributed by atoms with Gasteiger partial charge in [-0.15, -0.1) is 0 Å². The van der Waals surface area contributed by atoms with Gasteiger partial charge in [-0.05, 0) is 77.6 Å². The molecule has 3 unspecified atom stereocenters. The molecule has 0 saturated carbocycles. The molecule has 1 aromatic carbocycles. The van der Waals surface area contributed by atoms with Crippen molar-refractivity contribution in [3.63, 3.8) is 0 Å². The van der Waals surface area contributed by atoms with Crippen LogP contribution in [0.2, 0.25) is 0 Å². The smallest absolute Gasteiger partial charge is 0.408 e. The van der Waals surface area contributed by atoms with Crippen LogP contribution in [0.5, 0.6) is 5.75 Å². The second-order valence-corrected chi connectivity index (χ2v) is 10.5. The van der Waals surface area contributed by atoms with Gasteiger partial charge in [-0.1, -0.05) is 32.8 Å². The van der Waals surface area contributed by atoms with Crippen LogP contribution in [-0.4, -0.2) is 45.1 Å². The highest BCUT2D eigenvalue weighted by molar-refractivity contribution is 5.93. The number of carbonyl (C=O) groups is 3. The Hall–Kier alpha value is -3.21. The molecular weight excluding hydrogens is 434 g/mol. The highest BCUT2D eigenvalue weighted by Gasteiger charge is 2.38. The van der Waals surface area contributed by atoms with E-state index >= 15 is 0 Å². The summed E-state index contributed by atoms with van der Waals surface area (Å²) in [7, 11) is 0. The third-order valence-electron chi connectivity index (χ3n) is 5.07. The summed E-state index contributed by atoms with van der Waals surface area (Å²) in [5.74, 6) is -1.32. The van der Waals surface area contributed by atoms with Gasteiger partial charge in [0.05, 0.1) is 0 Å². The first-order chi connectivity index (χ1) is 15.5. The molecule has 0 aliphatic rings. The fourth-order valence-electron chi connectivity index (χ4n) is 3.24. The van der Waals surface area contributed by atoms with Crippen molar-refractivity contribution in [1.82, 2.24) is 15.5 Å². The van der Waals surface area contributed by atoms with E-state index in [1.807, 2.05) is 34.6 Å². The van der Waals surface area contributed by atoms with Gasteiger partial charge in [-0.25, -0.2) is 4.79 Å². The SMILES string of the molecule is C#CN(C(=O)C(NC(=O)OC(C)(C)C)C(C)CC)C(C(=O)NC(C)(C)C)c1ccc(O)c(C)c1. The van der Waals surface area contributed by atoms with Crippen molar-refractivity contribution >= 4 is 17.9 Å². The predicted molar refractivity (Wildman–Crippen MR) is 132 cm³/mol. The Morgan fingerprint density at radius 2 is 1.76 bits per heavy atom. The summed E-state index contributed by atoms with van der Waals surface area (Å²) in [6, 6.07) is 4.77. The van der Waals surface area contributed by atoms with Crippen LogP contribution in [0, 0.1) is 25.3 Å². The summed E-state index contributed by atoms with van der Waals surface area (Å²) in [5, 5.41) is 15.5. The number of amides is 3. The van der Waals surface area contributed by atoms with Crippen molar-refractivity contribution in [3.05, 3.63) is 29.3 Å². The van der Waals surface area contributed by atoms with Crippen LogP contribution in [0.3, 0.4) is 0 Å². The van der Waals surface area contributed by atoms with Crippen molar-refractivity contribution in [3.8, 4) is 18.2 Å². The van der Waals surface area contributed by atoms with Gasteiger partial charge in [0.1, 0.15) is 23.4 Å². The van der Waals surface area contributed by atoms with Crippen LogP contribution in [0.1, 0.15) is 79.0 Å². The Morgan fingerprint density at radius 1 is 1.18 bits per heavy atom. The maximum absolute atomic E-state index is 13.7. The Morgan fingerprint density at radius 3 is 2.21 bits per heavy atom. The molecule has 1 aromatic rings. The van der Waals surface area contributed by atoms with E-state index in [0.717, 1.165) is 4.90 Å². The molecule has 0 aliphatic carbocycles. The molecule has 3 N–H and O–H groups in total. The van der Waals surface area contributed by atoms with E-state index in [-0.39, 0.29) is 11.7 Å². The van der Waals surface area contributed by atoms with E-state index in [1.54, 1.807) is 39.8 Å². The fraction of sp³-hybridized carbons (Fsp3) is 0.577. The lowest BCUT2D eigenvalue weighted by atomic mass is 9.95. The Balaban J connectivity index is 3.49. The Bertz CT molecular complexity index is 937. The topological polar surface area (TPSA) is 108 Å². The summed E-state index contributed by atoms with van der Waals surface area (Å²) in [5.41, 5.74) is -0.378. The van der Waals surface area contributed by atoms with Crippen LogP contribution in [0.25, 0.3) is 0 Å². The number of rotatable bonds is 7. The van der Waals surface area contributed by atoms with Crippen molar-refractivity contribution in [1.29, 1.82) is 0 Å². The second kappa shape index (κ2) is 11.3. The lowest BCUT2D eigenvalue weighted by Gasteiger charge is -2.34. The van der Waals surface area contributed by atoms with Gasteiger partial charge >= 0.3 is 6.09 Å². The van der Waals surface area contributed by atoms with E-state index in [4.69, 9.17) is 11.2 Å². The van der Waals surface area contributed by atoms with Crippen molar-refractivity contribution in [2.45, 2.75) is 92.0 Å². The van der Waals surface area contributed by atoms with Crippen molar-refractivity contribution in [2.75, 3.05) is 0 Å². The molecule has 0 radical (unpaired) electrons. The minimum atomic E-state index is -1.18. The van der Waals surface area contributed by atoms with Gasteiger partial charge < -0.3 is 20.5 Å². The number of nitrogens with zero attached hydrogens (tertiary/aromatic N) is 1. The number of ether oxygens (including phenoxy) is 1. The highest BCUT2D eigenvalue weighted by atomic mass is 16.6. The molecular formula is C26H39N3O5. The van der Waals surface area contributed by atoms with Crippen LogP contribution in [-0.2, 0) is 14.3 Å². The van der Waals surface area contributed by atoms with Crippen molar-refractivity contribution in [2.24, 2.45) is 5.92 Å². The number of aromatic hydroxyl groups is 1. The fourth-order valence-corrected chi connectivity index (χ4v) is 3.24. The van der Waals surface area contributed by atoms with E-state index in [1.165, 1.54) is 6.07 Å². The molecule has 34 heavy (non-hydrogen) atoms. The third-order valence-corrected chi connectivity index (χ3v) is 5.07. The maximum Gasteiger partial charge on any atom is 0.408 e. The molecule has 0 spiro atoms. The zero-order chi connectivity index (χ0) is 26.4. The molecule has 8 heteroatoms. The average Bonchev–Trinajstić information content (AvgIpc) is 2.68. The van der Waals surface area contributed by atoms with Gasteiger partial charge in [-0.2, -0.15) is 0 Å². The molecule has 8 nitrogen and oxygen atoms in total. The first-order valence-electron chi connectivity index (χ1n) is 11.4. The molecule has 188 valence electrons. The van der Waals surface area contributed by atoms with Gasteiger partial charge in [0.2, 0.25) is 5.91 Å².